The molecule has 0 saturated carbocycles. The Labute approximate surface area is 126 Å². The first-order valence-electron chi connectivity index (χ1n) is 6.84. The number of fused-ring (bicyclic) bond motifs is 1. The molecule has 2 unspecified atom stereocenters. The second-order valence-electron chi connectivity index (χ2n) is 5.36. The van der Waals surface area contributed by atoms with Crippen molar-refractivity contribution in [1.82, 2.24) is 0 Å². The minimum atomic E-state index is -1.69. The average molecular weight is 300 g/mol. The first kappa shape index (κ1) is 14.4. The molecule has 2 atom stereocenters. The van der Waals surface area contributed by atoms with Gasteiger partial charge in [-0.25, -0.2) is 0 Å². The molecule has 5 nitrogen and oxygen atoms in total. The Morgan fingerprint density at radius 1 is 0.818 bits per heavy atom. The van der Waals surface area contributed by atoms with Crippen molar-refractivity contribution in [2.24, 2.45) is 0 Å². The molecule has 0 radical (unpaired) electrons. The quantitative estimate of drug-likeness (QED) is 0.557. The van der Waals surface area contributed by atoms with Gasteiger partial charge in [-0.2, -0.15) is 0 Å². The predicted octanol–water partition coefficient (Wildman–Crippen LogP) is 2.48. The molecular formula is C17H16O5. The summed E-state index contributed by atoms with van der Waals surface area (Å²) in [5, 5.41) is 51.3. The minimum absolute atomic E-state index is 0.00269. The number of aliphatic hydroxyl groups excluding tert-OH is 5. The molecule has 1 aliphatic carbocycles. The second-order valence-corrected chi connectivity index (χ2v) is 5.36. The minimum Gasteiger partial charge on any atom is -0.506 e. The first-order chi connectivity index (χ1) is 10.4. The van der Waals surface area contributed by atoms with E-state index in [1.807, 2.05) is 36.4 Å². The van der Waals surface area contributed by atoms with Crippen LogP contribution in [-0.2, 0) is 0 Å². The SMILES string of the molecule is Cc1ccc2ccccc2c1C1=C(O)C(O)=C(O)C(O)C1O. The van der Waals surface area contributed by atoms with E-state index in [-0.39, 0.29) is 5.57 Å². The second kappa shape index (κ2) is 5.05. The van der Waals surface area contributed by atoms with Gasteiger partial charge in [0.05, 0.1) is 0 Å². The molecule has 22 heavy (non-hydrogen) atoms. The number of benzene rings is 2. The van der Waals surface area contributed by atoms with Crippen molar-refractivity contribution in [2.45, 2.75) is 19.1 Å². The van der Waals surface area contributed by atoms with Gasteiger partial charge in [0.25, 0.3) is 0 Å². The van der Waals surface area contributed by atoms with Gasteiger partial charge in [-0.3, -0.25) is 0 Å². The zero-order chi connectivity index (χ0) is 16.0. The van der Waals surface area contributed by atoms with Crippen molar-refractivity contribution in [2.75, 3.05) is 0 Å². The summed E-state index contributed by atoms with van der Waals surface area (Å²) in [6.07, 6.45) is -3.23. The average Bonchev–Trinajstić information content (AvgIpc) is 2.53. The van der Waals surface area contributed by atoms with E-state index >= 15 is 0 Å². The lowest BCUT2D eigenvalue weighted by molar-refractivity contribution is 0.0373. The number of hydrogen-bond acceptors (Lipinski definition) is 5. The Morgan fingerprint density at radius 2 is 1.50 bits per heavy atom. The maximum Gasteiger partial charge on any atom is 0.199 e. The van der Waals surface area contributed by atoms with Gasteiger partial charge in [-0.15, -0.1) is 0 Å². The maximum atomic E-state index is 10.3. The van der Waals surface area contributed by atoms with Crippen molar-refractivity contribution in [1.29, 1.82) is 0 Å². The highest BCUT2D eigenvalue weighted by Crippen LogP contribution is 2.38. The van der Waals surface area contributed by atoms with E-state index in [4.69, 9.17) is 0 Å². The van der Waals surface area contributed by atoms with Gasteiger partial charge in [0.2, 0.25) is 0 Å². The highest BCUT2D eigenvalue weighted by molar-refractivity contribution is 5.97. The van der Waals surface area contributed by atoms with E-state index in [1.54, 1.807) is 6.92 Å². The van der Waals surface area contributed by atoms with Crippen molar-refractivity contribution in [3.63, 3.8) is 0 Å². The third-order valence-electron chi connectivity index (χ3n) is 4.00. The van der Waals surface area contributed by atoms with Crippen LogP contribution in [0.25, 0.3) is 16.3 Å². The number of hydrogen-bond donors (Lipinski definition) is 5. The van der Waals surface area contributed by atoms with Gasteiger partial charge in [-0.1, -0.05) is 36.4 Å². The molecule has 5 N–H and O–H groups in total. The maximum absolute atomic E-state index is 10.3. The number of rotatable bonds is 1. The highest BCUT2D eigenvalue weighted by atomic mass is 16.4. The summed E-state index contributed by atoms with van der Waals surface area (Å²) in [5.41, 5.74) is 1.29. The van der Waals surface area contributed by atoms with Gasteiger partial charge in [0.1, 0.15) is 12.2 Å². The fourth-order valence-electron chi connectivity index (χ4n) is 2.84. The first-order valence-corrected chi connectivity index (χ1v) is 6.84. The molecule has 114 valence electrons. The molecule has 1 aliphatic rings. The topological polar surface area (TPSA) is 101 Å². The van der Waals surface area contributed by atoms with Crippen LogP contribution in [0.3, 0.4) is 0 Å². The lowest BCUT2D eigenvalue weighted by atomic mass is 9.85. The van der Waals surface area contributed by atoms with Crippen LogP contribution in [0.5, 0.6) is 0 Å². The summed E-state index contributed by atoms with van der Waals surface area (Å²) < 4.78 is 0. The van der Waals surface area contributed by atoms with Gasteiger partial charge < -0.3 is 25.5 Å². The third-order valence-corrected chi connectivity index (χ3v) is 4.00. The van der Waals surface area contributed by atoms with E-state index in [9.17, 15) is 25.5 Å². The van der Waals surface area contributed by atoms with Crippen molar-refractivity contribution in [3.8, 4) is 0 Å². The summed E-state index contributed by atoms with van der Waals surface area (Å²) in [5.74, 6) is -2.29. The summed E-state index contributed by atoms with van der Waals surface area (Å²) in [4.78, 5) is 0. The molecule has 0 spiro atoms. The summed E-state index contributed by atoms with van der Waals surface area (Å²) >= 11 is 0. The van der Waals surface area contributed by atoms with Gasteiger partial charge >= 0.3 is 0 Å². The van der Waals surface area contributed by atoms with E-state index in [1.165, 1.54) is 0 Å². The molecule has 0 aliphatic heterocycles. The predicted molar refractivity (Wildman–Crippen MR) is 82.5 cm³/mol. The van der Waals surface area contributed by atoms with Crippen LogP contribution in [0.1, 0.15) is 11.1 Å². The molecule has 0 bridgehead atoms. The van der Waals surface area contributed by atoms with Crippen LogP contribution in [0.4, 0.5) is 0 Å². The van der Waals surface area contributed by atoms with E-state index < -0.39 is 29.5 Å². The van der Waals surface area contributed by atoms with Crippen molar-refractivity contribution < 1.29 is 25.5 Å². The summed E-state index contributed by atoms with van der Waals surface area (Å²) in [7, 11) is 0. The fourth-order valence-corrected chi connectivity index (χ4v) is 2.84. The molecular weight excluding hydrogens is 284 g/mol. The molecule has 0 fully saturated rings. The number of aryl methyl sites for hydroxylation is 1. The normalized spacial score (nSPS) is 22.5. The summed E-state index contributed by atoms with van der Waals surface area (Å²) in [6, 6.07) is 11.1. The van der Waals surface area contributed by atoms with Crippen LogP contribution in [-0.4, -0.2) is 37.7 Å². The van der Waals surface area contributed by atoms with Crippen LogP contribution in [0, 0.1) is 6.92 Å². The molecule has 3 rings (SSSR count). The third kappa shape index (κ3) is 1.94. The monoisotopic (exact) mass is 300 g/mol. The van der Waals surface area contributed by atoms with Gasteiger partial charge in [0.15, 0.2) is 17.3 Å². The molecule has 0 heterocycles. The highest BCUT2D eigenvalue weighted by Gasteiger charge is 2.37. The molecule has 5 heteroatoms. The van der Waals surface area contributed by atoms with Gasteiger partial charge in [0, 0.05) is 5.57 Å². The van der Waals surface area contributed by atoms with Crippen molar-refractivity contribution in [3.05, 3.63) is 64.8 Å². The zero-order valence-electron chi connectivity index (χ0n) is 11.9. The van der Waals surface area contributed by atoms with E-state index in [0.717, 1.165) is 16.3 Å². The Balaban J connectivity index is 2.38. The fraction of sp³-hybridized carbons (Fsp3) is 0.176. The smallest absolute Gasteiger partial charge is 0.199 e. The largest absolute Gasteiger partial charge is 0.506 e. The Bertz CT molecular complexity index is 819. The standard InChI is InChI=1S/C17H16O5/c1-8-6-7-9-4-2-3-5-10(9)11(8)12-13(18)15(20)17(22)16(21)14(12)19/h2-7,13,15,18-22H,1H3. The summed E-state index contributed by atoms with van der Waals surface area (Å²) in [6.45, 7) is 1.80. The molecule has 0 saturated heterocycles. The molecule has 2 aromatic rings. The molecule has 0 amide bonds. The van der Waals surface area contributed by atoms with E-state index in [0.29, 0.717) is 5.56 Å². The Morgan fingerprint density at radius 3 is 2.23 bits per heavy atom. The lowest BCUT2D eigenvalue weighted by Gasteiger charge is -2.28. The Kier molecular flexibility index (Phi) is 3.31. The molecule has 0 aromatic heterocycles. The van der Waals surface area contributed by atoms with Crippen LogP contribution in [0.2, 0.25) is 0 Å². The van der Waals surface area contributed by atoms with Crippen LogP contribution >= 0.6 is 0 Å². The number of aliphatic hydroxyl groups is 5. The van der Waals surface area contributed by atoms with Crippen LogP contribution < -0.4 is 0 Å². The van der Waals surface area contributed by atoms with Crippen molar-refractivity contribution >= 4 is 16.3 Å². The Hall–Kier alpha value is -2.50. The lowest BCUT2D eigenvalue weighted by Crippen LogP contribution is -2.34. The van der Waals surface area contributed by atoms with Gasteiger partial charge in [-0.05, 0) is 28.8 Å². The zero-order valence-corrected chi connectivity index (χ0v) is 11.9. The molecule has 2 aromatic carbocycles. The van der Waals surface area contributed by atoms with Crippen LogP contribution in [0.15, 0.2) is 53.7 Å². The van der Waals surface area contributed by atoms with E-state index in [2.05, 4.69) is 0 Å².